The average molecular weight is 331 g/mol. The number of hydrogen-bond acceptors (Lipinski definition) is 3. The quantitative estimate of drug-likeness (QED) is 0.890. The fourth-order valence-corrected chi connectivity index (χ4v) is 3.66. The molecule has 1 aromatic carbocycles. The van der Waals surface area contributed by atoms with E-state index in [4.69, 9.17) is 4.74 Å². The Morgan fingerprint density at radius 2 is 2.04 bits per heavy atom. The van der Waals surface area contributed by atoms with Crippen molar-refractivity contribution in [1.82, 2.24) is 15.5 Å². The maximum Gasteiger partial charge on any atom is 0.317 e. The van der Waals surface area contributed by atoms with Crippen LogP contribution < -0.4 is 10.6 Å². The second-order valence-corrected chi connectivity index (χ2v) is 7.11. The van der Waals surface area contributed by atoms with Crippen LogP contribution in [0.1, 0.15) is 37.8 Å². The van der Waals surface area contributed by atoms with E-state index in [-0.39, 0.29) is 11.6 Å². The van der Waals surface area contributed by atoms with Crippen LogP contribution in [0.5, 0.6) is 0 Å². The molecule has 0 radical (unpaired) electrons. The smallest absolute Gasteiger partial charge is 0.317 e. The Bertz CT molecular complexity index is 567. The molecule has 5 heteroatoms. The lowest BCUT2D eigenvalue weighted by atomic mass is 9.93. The molecule has 1 saturated heterocycles. The summed E-state index contributed by atoms with van der Waals surface area (Å²) in [5.41, 5.74) is 2.69. The highest BCUT2D eigenvalue weighted by molar-refractivity contribution is 5.74. The predicted octanol–water partition coefficient (Wildman–Crippen LogP) is 2.30. The van der Waals surface area contributed by atoms with Gasteiger partial charge in [0.25, 0.3) is 0 Å². The molecule has 2 aliphatic heterocycles. The van der Waals surface area contributed by atoms with Crippen molar-refractivity contribution in [2.75, 3.05) is 26.2 Å². The number of benzene rings is 1. The van der Waals surface area contributed by atoms with E-state index < -0.39 is 0 Å². The molecular formula is C19H29N3O2. The first-order valence-electron chi connectivity index (χ1n) is 9.06. The van der Waals surface area contributed by atoms with E-state index in [0.717, 1.165) is 45.5 Å². The second kappa shape index (κ2) is 7.53. The Morgan fingerprint density at radius 3 is 2.75 bits per heavy atom. The van der Waals surface area contributed by atoms with E-state index in [1.54, 1.807) is 0 Å². The summed E-state index contributed by atoms with van der Waals surface area (Å²) in [7, 11) is 0. The summed E-state index contributed by atoms with van der Waals surface area (Å²) in [6.45, 7) is 8.00. The number of urea groups is 1. The number of carbonyl (C=O) groups is 1. The van der Waals surface area contributed by atoms with Crippen LogP contribution in [-0.4, -0.2) is 48.8 Å². The van der Waals surface area contributed by atoms with Crippen molar-refractivity contribution in [3.8, 4) is 0 Å². The number of fused-ring (bicyclic) bond motifs is 1. The van der Waals surface area contributed by atoms with Crippen LogP contribution in [0.4, 0.5) is 4.79 Å². The third kappa shape index (κ3) is 4.08. The van der Waals surface area contributed by atoms with Gasteiger partial charge in [0.1, 0.15) is 0 Å². The predicted molar refractivity (Wildman–Crippen MR) is 95.0 cm³/mol. The molecule has 5 nitrogen and oxygen atoms in total. The Kier molecular flexibility index (Phi) is 5.41. The largest absolute Gasteiger partial charge is 0.375 e. The Hall–Kier alpha value is -1.59. The molecule has 2 amide bonds. The highest BCUT2D eigenvalue weighted by Crippen LogP contribution is 2.25. The number of amides is 2. The molecule has 0 aromatic heterocycles. The van der Waals surface area contributed by atoms with Crippen LogP contribution >= 0.6 is 0 Å². The number of piperidine rings is 1. The Labute approximate surface area is 144 Å². The van der Waals surface area contributed by atoms with E-state index in [0.29, 0.717) is 12.6 Å². The number of nitrogens with zero attached hydrogens (tertiary/aromatic N) is 1. The number of likely N-dealkylation sites (tertiary alicyclic amines) is 1. The van der Waals surface area contributed by atoms with Crippen LogP contribution in [0.15, 0.2) is 24.3 Å². The molecule has 1 atom stereocenters. The molecule has 2 N–H and O–H groups in total. The van der Waals surface area contributed by atoms with Crippen molar-refractivity contribution in [2.45, 2.75) is 51.3 Å². The van der Waals surface area contributed by atoms with Crippen molar-refractivity contribution >= 4 is 6.03 Å². The van der Waals surface area contributed by atoms with Gasteiger partial charge in [-0.05, 0) is 44.2 Å². The third-order valence-electron chi connectivity index (χ3n) is 5.27. The van der Waals surface area contributed by atoms with Gasteiger partial charge in [0.15, 0.2) is 0 Å². The van der Waals surface area contributed by atoms with Crippen LogP contribution in [0.2, 0.25) is 0 Å². The van der Waals surface area contributed by atoms with Crippen molar-refractivity contribution in [1.29, 1.82) is 0 Å². The lowest BCUT2D eigenvalue weighted by Gasteiger charge is -2.39. The Morgan fingerprint density at radius 1 is 1.33 bits per heavy atom. The highest BCUT2D eigenvalue weighted by Gasteiger charge is 2.32. The summed E-state index contributed by atoms with van der Waals surface area (Å²) in [4.78, 5) is 14.3. The number of ether oxygens (including phenoxy) is 1. The van der Waals surface area contributed by atoms with E-state index in [1.165, 1.54) is 11.1 Å². The maximum atomic E-state index is 12.4. The molecule has 1 unspecified atom stereocenters. The molecule has 0 spiro atoms. The highest BCUT2D eigenvalue weighted by atomic mass is 16.5. The molecule has 1 fully saturated rings. The molecule has 2 aliphatic rings. The minimum absolute atomic E-state index is 0.0502. The van der Waals surface area contributed by atoms with E-state index >= 15 is 0 Å². The number of carbonyl (C=O) groups excluding carboxylic acids is 1. The summed E-state index contributed by atoms with van der Waals surface area (Å²) in [5.74, 6) is 0. The van der Waals surface area contributed by atoms with Gasteiger partial charge in [0.05, 0.1) is 5.60 Å². The minimum atomic E-state index is -0.0693. The van der Waals surface area contributed by atoms with Gasteiger partial charge in [-0.15, -0.1) is 0 Å². The van der Waals surface area contributed by atoms with E-state index in [9.17, 15) is 4.79 Å². The van der Waals surface area contributed by atoms with Gasteiger partial charge >= 0.3 is 6.03 Å². The average Bonchev–Trinajstić information content (AvgIpc) is 2.60. The first-order chi connectivity index (χ1) is 11.6. The number of rotatable bonds is 4. The molecule has 2 heterocycles. The van der Waals surface area contributed by atoms with Gasteiger partial charge in [-0.1, -0.05) is 24.3 Å². The van der Waals surface area contributed by atoms with Gasteiger partial charge in [-0.3, -0.25) is 0 Å². The van der Waals surface area contributed by atoms with Gasteiger partial charge in [0.2, 0.25) is 0 Å². The molecule has 1 aromatic rings. The Balaban J connectivity index is 1.44. The van der Waals surface area contributed by atoms with Crippen molar-refractivity contribution < 1.29 is 9.53 Å². The lowest BCUT2D eigenvalue weighted by Crippen LogP contribution is -2.52. The zero-order valence-corrected chi connectivity index (χ0v) is 14.8. The molecule has 24 heavy (non-hydrogen) atoms. The van der Waals surface area contributed by atoms with E-state index in [2.05, 4.69) is 41.8 Å². The van der Waals surface area contributed by atoms with Crippen molar-refractivity contribution in [3.05, 3.63) is 35.4 Å². The molecule has 3 rings (SSSR count). The van der Waals surface area contributed by atoms with Crippen LogP contribution in [-0.2, 0) is 17.7 Å². The monoisotopic (exact) mass is 331 g/mol. The van der Waals surface area contributed by atoms with Crippen LogP contribution in [0.3, 0.4) is 0 Å². The van der Waals surface area contributed by atoms with Crippen molar-refractivity contribution in [3.63, 3.8) is 0 Å². The zero-order chi connectivity index (χ0) is 17.0. The fourth-order valence-electron chi connectivity index (χ4n) is 3.66. The van der Waals surface area contributed by atoms with Gasteiger partial charge in [-0.25, -0.2) is 4.79 Å². The van der Waals surface area contributed by atoms with Crippen molar-refractivity contribution in [2.24, 2.45) is 0 Å². The van der Waals surface area contributed by atoms with Crippen LogP contribution in [0.25, 0.3) is 0 Å². The molecule has 0 aliphatic carbocycles. The zero-order valence-electron chi connectivity index (χ0n) is 14.8. The number of nitrogens with one attached hydrogen (secondary N) is 2. The summed E-state index contributed by atoms with van der Waals surface area (Å²) in [6.07, 6.45) is 2.78. The topological polar surface area (TPSA) is 53.6 Å². The summed E-state index contributed by atoms with van der Waals surface area (Å²) in [6, 6.07) is 8.87. The summed E-state index contributed by atoms with van der Waals surface area (Å²) in [5, 5.41) is 6.61. The van der Waals surface area contributed by atoms with E-state index in [1.807, 2.05) is 11.8 Å². The summed E-state index contributed by atoms with van der Waals surface area (Å²) < 4.78 is 5.82. The maximum absolute atomic E-state index is 12.4. The summed E-state index contributed by atoms with van der Waals surface area (Å²) >= 11 is 0. The molecule has 132 valence electrons. The first kappa shape index (κ1) is 17.2. The minimum Gasteiger partial charge on any atom is -0.375 e. The SMILES string of the molecule is CCOC1(C)CCN(C(=O)NCC2Cc3ccccc3CN2)CC1. The normalized spacial score (nSPS) is 22.8. The second-order valence-electron chi connectivity index (χ2n) is 7.11. The standard InChI is InChI=1S/C19H29N3O2/c1-3-24-19(2)8-10-22(11-9-19)18(23)21-14-17-12-15-6-4-5-7-16(15)13-20-17/h4-7,17,20H,3,8-14H2,1-2H3,(H,21,23). The number of hydrogen-bond donors (Lipinski definition) is 2. The van der Waals surface area contributed by atoms with Gasteiger partial charge in [0, 0.05) is 38.8 Å². The molecule has 0 bridgehead atoms. The third-order valence-corrected chi connectivity index (χ3v) is 5.27. The van der Waals surface area contributed by atoms with Gasteiger partial charge < -0.3 is 20.3 Å². The van der Waals surface area contributed by atoms with Crippen LogP contribution in [0, 0.1) is 0 Å². The molecule has 0 saturated carbocycles. The fraction of sp³-hybridized carbons (Fsp3) is 0.632. The van der Waals surface area contributed by atoms with Gasteiger partial charge in [-0.2, -0.15) is 0 Å². The first-order valence-corrected chi connectivity index (χ1v) is 9.06. The lowest BCUT2D eigenvalue weighted by molar-refractivity contribution is -0.0595. The molecular weight excluding hydrogens is 302 g/mol.